The zero-order valence-corrected chi connectivity index (χ0v) is 10.4. The molecule has 0 saturated carbocycles. The molecule has 90 valence electrons. The first-order valence-corrected chi connectivity index (χ1v) is 6.82. The molecule has 2 aromatic rings. The van der Waals surface area contributed by atoms with E-state index in [2.05, 4.69) is 19.9 Å². The average Bonchev–Trinajstić information content (AvgIpc) is 2.69. The third-order valence-electron chi connectivity index (χ3n) is 1.90. The number of nitrogen functional groups attached to an aromatic ring is 1. The first kappa shape index (κ1) is 11.7. The second kappa shape index (κ2) is 4.26. The van der Waals surface area contributed by atoms with E-state index < -0.39 is 10.0 Å². The van der Waals surface area contributed by atoms with Crippen LogP contribution in [0.1, 0.15) is 5.69 Å². The highest BCUT2D eigenvalue weighted by atomic mass is 32.2. The minimum atomic E-state index is -3.74. The van der Waals surface area contributed by atoms with Crippen LogP contribution >= 0.6 is 11.3 Å². The van der Waals surface area contributed by atoms with E-state index in [0.717, 1.165) is 11.3 Å². The highest BCUT2D eigenvalue weighted by Gasteiger charge is 2.20. The van der Waals surface area contributed by atoms with Crippen LogP contribution in [0.4, 0.5) is 10.8 Å². The van der Waals surface area contributed by atoms with Crippen LogP contribution in [0.3, 0.4) is 0 Å². The van der Waals surface area contributed by atoms with Gasteiger partial charge >= 0.3 is 0 Å². The van der Waals surface area contributed by atoms with Gasteiger partial charge in [0, 0.05) is 6.20 Å². The fraction of sp³-hybridized carbons (Fsp3) is 0.125. The maximum Gasteiger partial charge on any atom is 0.291 e. The highest BCUT2D eigenvalue weighted by molar-refractivity contribution is 7.94. The highest BCUT2D eigenvalue weighted by Crippen LogP contribution is 2.21. The molecule has 0 bridgehead atoms. The molecule has 0 radical (unpaired) electrons. The third-order valence-corrected chi connectivity index (χ3v) is 4.39. The molecule has 7 nitrogen and oxygen atoms in total. The summed E-state index contributed by atoms with van der Waals surface area (Å²) in [6.45, 7) is 1.70. The van der Waals surface area contributed by atoms with Crippen LogP contribution < -0.4 is 10.5 Å². The van der Waals surface area contributed by atoms with Gasteiger partial charge in [0.25, 0.3) is 14.4 Å². The van der Waals surface area contributed by atoms with Crippen molar-refractivity contribution in [3.8, 4) is 0 Å². The van der Waals surface area contributed by atoms with Gasteiger partial charge in [-0.05, 0) is 19.1 Å². The monoisotopic (exact) mass is 271 g/mol. The van der Waals surface area contributed by atoms with Crippen molar-refractivity contribution in [2.45, 2.75) is 11.3 Å². The number of hydrogen-bond donors (Lipinski definition) is 2. The van der Waals surface area contributed by atoms with Gasteiger partial charge in [-0.3, -0.25) is 9.71 Å². The van der Waals surface area contributed by atoms with Crippen LogP contribution in [0.5, 0.6) is 0 Å². The topological polar surface area (TPSA) is 111 Å². The molecule has 0 atom stereocenters. The fourth-order valence-electron chi connectivity index (χ4n) is 1.11. The molecule has 9 heteroatoms. The maximum absolute atomic E-state index is 11.9. The van der Waals surface area contributed by atoms with Crippen molar-refractivity contribution in [3.63, 3.8) is 0 Å². The summed E-state index contributed by atoms with van der Waals surface area (Å²) in [5.74, 6) is 0. The molecule has 2 heterocycles. The second-order valence-corrected chi connectivity index (χ2v) is 6.01. The predicted octanol–water partition coefficient (Wildman–Crippen LogP) is 0.625. The summed E-state index contributed by atoms with van der Waals surface area (Å²) in [6.07, 6.45) is 1.58. The fourth-order valence-corrected chi connectivity index (χ4v) is 3.01. The minimum Gasteiger partial charge on any atom is -0.374 e. The standard InChI is InChI=1S/C8H9N5O2S2/c1-5-6(3-2-4-10-5)13-17(14,15)8-12-11-7(9)16-8/h2-4,13H,1H3,(H2,9,11). The smallest absolute Gasteiger partial charge is 0.291 e. The van der Waals surface area contributed by atoms with E-state index in [4.69, 9.17) is 5.73 Å². The molecule has 17 heavy (non-hydrogen) atoms. The number of sulfonamides is 1. The molecular weight excluding hydrogens is 262 g/mol. The summed E-state index contributed by atoms with van der Waals surface area (Å²) >= 11 is 0.804. The minimum absolute atomic E-state index is 0.105. The number of nitrogens with two attached hydrogens (primary N) is 1. The predicted molar refractivity (Wildman–Crippen MR) is 64.1 cm³/mol. The number of aromatic nitrogens is 3. The van der Waals surface area contributed by atoms with E-state index in [1.807, 2.05) is 0 Å². The van der Waals surface area contributed by atoms with Crippen molar-refractivity contribution in [2.24, 2.45) is 0 Å². The molecule has 2 rings (SSSR count). The van der Waals surface area contributed by atoms with Gasteiger partial charge in [-0.1, -0.05) is 11.3 Å². The Balaban J connectivity index is 2.33. The SMILES string of the molecule is Cc1ncccc1NS(=O)(=O)c1nnc(N)s1. The van der Waals surface area contributed by atoms with E-state index in [0.29, 0.717) is 11.4 Å². The van der Waals surface area contributed by atoms with Crippen LogP contribution in [0, 0.1) is 6.92 Å². The lowest BCUT2D eigenvalue weighted by molar-refractivity contribution is 0.599. The molecule has 3 N–H and O–H groups in total. The summed E-state index contributed by atoms with van der Waals surface area (Å²) in [6, 6.07) is 3.25. The summed E-state index contributed by atoms with van der Waals surface area (Å²) in [7, 11) is -3.74. The number of rotatable bonds is 3. The molecular formula is C8H9N5O2S2. The zero-order valence-electron chi connectivity index (χ0n) is 8.78. The summed E-state index contributed by atoms with van der Waals surface area (Å²) in [4.78, 5) is 3.98. The third kappa shape index (κ3) is 2.50. The Kier molecular flexibility index (Phi) is 2.94. The van der Waals surface area contributed by atoms with Gasteiger partial charge in [-0.15, -0.1) is 10.2 Å². The van der Waals surface area contributed by atoms with E-state index in [9.17, 15) is 8.42 Å². The first-order chi connectivity index (χ1) is 7.99. The second-order valence-electron chi connectivity index (χ2n) is 3.15. The van der Waals surface area contributed by atoms with Gasteiger partial charge in [0.15, 0.2) is 0 Å². The Labute approximate surface area is 102 Å². The normalized spacial score (nSPS) is 11.4. The van der Waals surface area contributed by atoms with Gasteiger partial charge in [0.2, 0.25) is 5.13 Å². The van der Waals surface area contributed by atoms with Gasteiger partial charge in [-0.25, -0.2) is 0 Å². The molecule has 0 spiro atoms. The molecule has 0 unspecified atom stereocenters. The van der Waals surface area contributed by atoms with Crippen LogP contribution in [0.25, 0.3) is 0 Å². The van der Waals surface area contributed by atoms with Crippen LogP contribution in [-0.4, -0.2) is 23.6 Å². The lowest BCUT2D eigenvalue weighted by Crippen LogP contribution is -2.13. The molecule has 0 aliphatic rings. The van der Waals surface area contributed by atoms with Gasteiger partial charge < -0.3 is 5.73 Å². The van der Waals surface area contributed by atoms with Gasteiger partial charge in [0.1, 0.15) is 0 Å². The number of pyridine rings is 1. The van der Waals surface area contributed by atoms with Crippen LogP contribution in [-0.2, 0) is 10.0 Å². The van der Waals surface area contributed by atoms with Gasteiger partial charge in [-0.2, -0.15) is 8.42 Å². The number of hydrogen-bond acceptors (Lipinski definition) is 7. The molecule has 2 aromatic heterocycles. The first-order valence-electron chi connectivity index (χ1n) is 4.52. The van der Waals surface area contributed by atoms with Crippen molar-refractivity contribution in [1.29, 1.82) is 0 Å². The molecule has 0 saturated heterocycles. The summed E-state index contributed by atoms with van der Waals surface area (Å²) < 4.78 is 26.0. The molecule has 0 aromatic carbocycles. The zero-order chi connectivity index (χ0) is 12.5. The summed E-state index contributed by atoms with van der Waals surface area (Å²) in [5, 5.41) is 7.05. The van der Waals surface area contributed by atoms with E-state index >= 15 is 0 Å². The Bertz CT molecular complexity index is 637. The Hall–Kier alpha value is -1.74. The molecule has 0 aliphatic heterocycles. The van der Waals surface area contributed by atoms with E-state index in [1.165, 1.54) is 0 Å². The summed E-state index contributed by atoms with van der Waals surface area (Å²) in [5.41, 5.74) is 6.32. The van der Waals surface area contributed by atoms with Crippen LogP contribution in [0.15, 0.2) is 22.7 Å². The van der Waals surface area contributed by atoms with Gasteiger partial charge in [0.05, 0.1) is 11.4 Å². The quantitative estimate of drug-likeness (QED) is 0.846. The van der Waals surface area contributed by atoms with E-state index in [-0.39, 0.29) is 9.47 Å². The lowest BCUT2D eigenvalue weighted by atomic mass is 10.3. The molecule has 0 amide bonds. The van der Waals surface area contributed by atoms with E-state index in [1.54, 1.807) is 25.3 Å². The number of anilines is 2. The van der Waals surface area contributed by atoms with Crippen molar-refractivity contribution < 1.29 is 8.42 Å². The van der Waals surface area contributed by atoms with Crippen molar-refractivity contribution in [2.75, 3.05) is 10.5 Å². The lowest BCUT2D eigenvalue weighted by Gasteiger charge is -2.06. The molecule has 0 fully saturated rings. The van der Waals surface area contributed by atoms with Crippen molar-refractivity contribution in [1.82, 2.24) is 15.2 Å². The molecule has 0 aliphatic carbocycles. The Morgan fingerprint density at radius 1 is 1.41 bits per heavy atom. The number of nitrogens with one attached hydrogen (secondary N) is 1. The average molecular weight is 271 g/mol. The largest absolute Gasteiger partial charge is 0.374 e. The number of nitrogens with zero attached hydrogens (tertiary/aromatic N) is 3. The van der Waals surface area contributed by atoms with Crippen molar-refractivity contribution >= 4 is 32.2 Å². The van der Waals surface area contributed by atoms with Crippen molar-refractivity contribution in [3.05, 3.63) is 24.0 Å². The Morgan fingerprint density at radius 2 is 2.18 bits per heavy atom. The van der Waals surface area contributed by atoms with Crippen LogP contribution in [0.2, 0.25) is 0 Å². The maximum atomic E-state index is 11.9. The Morgan fingerprint density at radius 3 is 2.76 bits per heavy atom. The number of aryl methyl sites for hydroxylation is 1.